The summed E-state index contributed by atoms with van der Waals surface area (Å²) in [6.07, 6.45) is 8.73. The van der Waals surface area contributed by atoms with Crippen molar-refractivity contribution >= 4 is 22.5 Å². The molecule has 0 spiro atoms. The first-order chi connectivity index (χ1) is 12.2. The minimum absolute atomic E-state index is 0.201. The Labute approximate surface area is 144 Å². The Morgan fingerprint density at radius 1 is 1.04 bits per heavy atom. The number of hydrogen-bond donors (Lipinski definition) is 1. The molecule has 1 N–H and O–H groups in total. The predicted octanol–water partition coefficient (Wildman–Crippen LogP) is 3.38. The molecule has 122 valence electrons. The van der Waals surface area contributed by atoms with Crippen LogP contribution in [0.5, 0.6) is 0 Å². The number of imidazole rings is 1. The number of benzene rings is 1. The molecule has 3 aromatic heterocycles. The summed E-state index contributed by atoms with van der Waals surface area (Å²) >= 11 is 0. The maximum absolute atomic E-state index is 12.6. The number of aryl methyl sites for hydroxylation is 1. The van der Waals surface area contributed by atoms with Gasteiger partial charge in [-0.3, -0.25) is 14.8 Å². The van der Waals surface area contributed by atoms with Crippen LogP contribution in [-0.2, 0) is 0 Å². The number of rotatable bonds is 3. The van der Waals surface area contributed by atoms with Gasteiger partial charge >= 0.3 is 0 Å². The molecule has 1 amide bonds. The van der Waals surface area contributed by atoms with Crippen LogP contribution in [-0.4, -0.2) is 25.4 Å². The summed E-state index contributed by atoms with van der Waals surface area (Å²) in [5.74, 6) is -0.201. The van der Waals surface area contributed by atoms with E-state index in [4.69, 9.17) is 0 Å². The Hall–Kier alpha value is -3.54. The van der Waals surface area contributed by atoms with Crippen LogP contribution >= 0.6 is 0 Å². The van der Waals surface area contributed by atoms with E-state index in [2.05, 4.69) is 20.3 Å². The molecule has 0 saturated heterocycles. The number of fused-ring (bicyclic) bond motifs is 1. The highest BCUT2D eigenvalue weighted by Crippen LogP contribution is 2.26. The first kappa shape index (κ1) is 15.0. The normalized spacial score (nSPS) is 10.8. The highest BCUT2D eigenvalue weighted by atomic mass is 16.1. The van der Waals surface area contributed by atoms with Gasteiger partial charge in [0.1, 0.15) is 0 Å². The van der Waals surface area contributed by atoms with Crippen molar-refractivity contribution in [3.63, 3.8) is 0 Å². The Morgan fingerprint density at radius 3 is 2.76 bits per heavy atom. The number of nitrogens with zero attached hydrogens (tertiary/aromatic N) is 4. The summed E-state index contributed by atoms with van der Waals surface area (Å²) in [4.78, 5) is 25.3. The molecule has 3 heterocycles. The number of para-hydroxylation sites is 1. The van der Waals surface area contributed by atoms with E-state index in [9.17, 15) is 4.79 Å². The number of nitrogens with one attached hydrogen (secondary N) is 1. The second kappa shape index (κ2) is 6.16. The highest BCUT2D eigenvalue weighted by Gasteiger charge is 2.13. The second-order valence-corrected chi connectivity index (χ2v) is 5.59. The lowest BCUT2D eigenvalue weighted by molar-refractivity contribution is 0.102. The van der Waals surface area contributed by atoms with Crippen molar-refractivity contribution in [3.05, 3.63) is 78.8 Å². The highest BCUT2D eigenvalue weighted by molar-refractivity contribution is 6.09. The van der Waals surface area contributed by atoms with E-state index in [1.165, 1.54) is 0 Å². The van der Waals surface area contributed by atoms with Crippen molar-refractivity contribution < 1.29 is 4.79 Å². The number of carbonyl (C=O) groups is 1. The number of aromatic nitrogens is 4. The number of carbonyl (C=O) groups excluding carboxylic acids is 1. The van der Waals surface area contributed by atoms with Crippen LogP contribution in [0.2, 0.25) is 0 Å². The van der Waals surface area contributed by atoms with Crippen molar-refractivity contribution in [2.45, 2.75) is 6.92 Å². The Bertz CT molecular complexity index is 1060. The summed E-state index contributed by atoms with van der Waals surface area (Å²) in [5, 5.41) is 3.88. The molecule has 1 aromatic carbocycles. The molecule has 0 unspecified atom stereocenters. The zero-order chi connectivity index (χ0) is 17.2. The molecule has 0 aliphatic carbocycles. The molecule has 6 nitrogen and oxygen atoms in total. The van der Waals surface area contributed by atoms with Crippen molar-refractivity contribution in [3.8, 4) is 5.69 Å². The van der Waals surface area contributed by atoms with E-state index in [0.29, 0.717) is 16.9 Å². The molecule has 0 aliphatic heterocycles. The Kier molecular flexibility index (Phi) is 3.70. The van der Waals surface area contributed by atoms with Gasteiger partial charge in [0.2, 0.25) is 0 Å². The molecule has 0 bridgehead atoms. The lowest BCUT2D eigenvalue weighted by atomic mass is 10.1. The van der Waals surface area contributed by atoms with E-state index in [0.717, 1.165) is 16.6 Å². The lowest BCUT2D eigenvalue weighted by Crippen LogP contribution is -2.14. The van der Waals surface area contributed by atoms with Gasteiger partial charge in [0.15, 0.2) is 0 Å². The number of pyridine rings is 2. The Balaban J connectivity index is 1.77. The number of hydrogen-bond acceptors (Lipinski definition) is 4. The van der Waals surface area contributed by atoms with Gasteiger partial charge in [0, 0.05) is 35.9 Å². The first-order valence-corrected chi connectivity index (χ1v) is 7.83. The Morgan fingerprint density at radius 2 is 1.96 bits per heavy atom. The van der Waals surface area contributed by atoms with Crippen LogP contribution < -0.4 is 5.32 Å². The second-order valence-electron chi connectivity index (χ2n) is 5.59. The van der Waals surface area contributed by atoms with E-state index in [1.807, 2.05) is 42.0 Å². The molecule has 0 saturated carbocycles. The summed E-state index contributed by atoms with van der Waals surface area (Å²) in [5.41, 5.74) is 3.57. The van der Waals surface area contributed by atoms with Crippen LogP contribution in [0.15, 0.2) is 67.5 Å². The quantitative estimate of drug-likeness (QED) is 0.625. The summed E-state index contributed by atoms with van der Waals surface area (Å²) in [6, 6.07) is 11.1. The van der Waals surface area contributed by atoms with Crippen LogP contribution in [0.4, 0.5) is 5.69 Å². The smallest absolute Gasteiger partial charge is 0.257 e. The largest absolute Gasteiger partial charge is 0.320 e. The fourth-order valence-electron chi connectivity index (χ4n) is 2.80. The maximum atomic E-state index is 12.6. The third-order valence-corrected chi connectivity index (χ3v) is 4.03. The lowest BCUT2D eigenvalue weighted by Gasteiger charge is -2.12. The molecule has 4 rings (SSSR count). The third-order valence-electron chi connectivity index (χ3n) is 4.03. The molecule has 0 atom stereocenters. The average molecular weight is 329 g/mol. The fourth-order valence-corrected chi connectivity index (χ4v) is 2.80. The van der Waals surface area contributed by atoms with Crippen molar-refractivity contribution in [2.75, 3.05) is 5.32 Å². The topological polar surface area (TPSA) is 72.7 Å². The fraction of sp³-hybridized carbons (Fsp3) is 0.0526. The molecule has 0 fully saturated rings. The summed E-state index contributed by atoms with van der Waals surface area (Å²) in [6.45, 7) is 1.81. The first-order valence-electron chi connectivity index (χ1n) is 7.83. The van der Waals surface area contributed by atoms with Crippen LogP contribution in [0.25, 0.3) is 16.6 Å². The number of amides is 1. The van der Waals surface area contributed by atoms with Gasteiger partial charge in [-0.2, -0.15) is 0 Å². The average Bonchev–Trinajstić information content (AvgIpc) is 3.16. The molecule has 6 heteroatoms. The number of anilines is 1. The van der Waals surface area contributed by atoms with Gasteiger partial charge in [0.05, 0.1) is 28.8 Å². The van der Waals surface area contributed by atoms with Crippen LogP contribution in [0.3, 0.4) is 0 Å². The van der Waals surface area contributed by atoms with Gasteiger partial charge in [-0.05, 0) is 31.2 Å². The minimum atomic E-state index is -0.201. The van der Waals surface area contributed by atoms with Gasteiger partial charge in [-0.15, -0.1) is 0 Å². The van der Waals surface area contributed by atoms with E-state index in [1.54, 1.807) is 37.1 Å². The van der Waals surface area contributed by atoms with E-state index in [-0.39, 0.29) is 5.91 Å². The zero-order valence-electron chi connectivity index (χ0n) is 13.5. The SMILES string of the molecule is Cc1ncccc1C(=O)Nc1cccc2c(-n3ccnc3)ccnc12. The van der Waals surface area contributed by atoms with Gasteiger partial charge < -0.3 is 9.88 Å². The molecular weight excluding hydrogens is 314 g/mol. The van der Waals surface area contributed by atoms with Crippen LogP contribution in [0, 0.1) is 6.92 Å². The monoisotopic (exact) mass is 329 g/mol. The molecule has 4 aromatic rings. The maximum Gasteiger partial charge on any atom is 0.257 e. The molecular formula is C19H15N5O. The summed E-state index contributed by atoms with van der Waals surface area (Å²) < 4.78 is 1.92. The van der Waals surface area contributed by atoms with Gasteiger partial charge in [-0.25, -0.2) is 4.98 Å². The van der Waals surface area contributed by atoms with Crippen LogP contribution in [0.1, 0.15) is 16.1 Å². The minimum Gasteiger partial charge on any atom is -0.320 e. The van der Waals surface area contributed by atoms with Crippen molar-refractivity contribution in [1.82, 2.24) is 19.5 Å². The predicted molar refractivity (Wildman–Crippen MR) is 95.8 cm³/mol. The van der Waals surface area contributed by atoms with Gasteiger partial charge in [-0.1, -0.05) is 12.1 Å². The van der Waals surface area contributed by atoms with Gasteiger partial charge in [0.25, 0.3) is 5.91 Å². The van der Waals surface area contributed by atoms with Crippen molar-refractivity contribution in [2.24, 2.45) is 0 Å². The third kappa shape index (κ3) is 2.74. The van der Waals surface area contributed by atoms with E-state index >= 15 is 0 Å². The van der Waals surface area contributed by atoms with Crippen molar-refractivity contribution in [1.29, 1.82) is 0 Å². The molecule has 0 radical (unpaired) electrons. The summed E-state index contributed by atoms with van der Waals surface area (Å²) in [7, 11) is 0. The standard InChI is InChI=1S/C19H15N5O/c1-13-14(5-3-8-21-13)19(25)23-16-6-2-4-15-17(7-9-22-18(15)16)24-11-10-20-12-24/h2-12H,1H3,(H,23,25). The van der Waals surface area contributed by atoms with E-state index < -0.39 is 0 Å². The zero-order valence-corrected chi connectivity index (χ0v) is 13.5. The molecule has 25 heavy (non-hydrogen) atoms. The molecule has 0 aliphatic rings.